The van der Waals surface area contributed by atoms with Crippen LogP contribution in [0.3, 0.4) is 0 Å². The first kappa shape index (κ1) is 49.9. The zero-order chi connectivity index (χ0) is 37.1. The lowest BCUT2D eigenvalue weighted by Gasteiger charge is -2.57. The first-order valence-corrected chi connectivity index (χ1v) is 21.4. The zero-order valence-electron chi connectivity index (χ0n) is 36.7. The first-order valence-electron chi connectivity index (χ1n) is 21.4. The summed E-state index contributed by atoms with van der Waals surface area (Å²) in [5.74, 6) is 7.62. The van der Waals surface area contributed by atoms with Crippen LogP contribution in [0.1, 0.15) is 198 Å². The number of nitrogens with zero attached hydrogens (tertiary/aromatic N) is 3. The van der Waals surface area contributed by atoms with Crippen molar-refractivity contribution in [3.05, 3.63) is 0 Å². The minimum atomic E-state index is 0. The standard InChI is InChI=1S/C16H31N.2C15H29N.3CH4/c1-15(2,3)14-12-8-7-9-13(14)11-17(10-12)16(4,5)6;1-14(2,3)13-9-12-8-7-11(13)10-16(12)15(4,5)6;1-14(2,3)13-11-7-8-12(13)10-16(9-11)15(4,5)6;;;/h12-14H,7-11H2,1-6H3;2*11-13H,7-10H2,1-6H3;3*1H4. The second-order valence-corrected chi connectivity index (χ2v) is 24.5. The van der Waals surface area contributed by atoms with Crippen molar-refractivity contribution in [1.82, 2.24) is 14.7 Å². The molecule has 0 radical (unpaired) electrons. The van der Waals surface area contributed by atoms with Crippen LogP contribution in [-0.4, -0.2) is 70.1 Å². The molecule has 3 saturated carbocycles. The van der Waals surface area contributed by atoms with Crippen molar-refractivity contribution < 1.29 is 0 Å². The Kier molecular flexibility index (Phi) is 16.9. The van der Waals surface area contributed by atoms with Crippen LogP contribution in [0.4, 0.5) is 0 Å². The van der Waals surface area contributed by atoms with Crippen LogP contribution in [0.5, 0.6) is 0 Å². The van der Waals surface area contributed by atoms with Gasteiger partial charge in [-0.05, 0) is 171 Å². The van der Waals surface area contributed by atoms with E-state index in [4.69, 9.17) is 0 Å². The third-order valence-electron chi connectivity index (χ3n) is 14.6. The minimum absolute atomic E-state index is 0. The maximum atomic E-state index is 2.77. The Morgan fingerprint density at radius 3 is 0.981 bits per heavy atom. The van der Waals surface area contributed by atoms with Crippen molar-refractivity contribution in [2.45, 2.75) is 221 Å². The molecule has 7 atom stereocenters. The summed E-state index contributed by atoms with van der Waals surface area (Å²) >= 11 is 0. The Labute approximate surface area is 331 Å². The van der Waals surface area contributed by atoms with Gasteiger partial charge in [-0.15, -0.1) is 0 Å². The summed E-state index contributed by atoms with van der Waals surface area (Å²) < 4.78 is 0. The second kappa shape index (κ2) is 17.6. The maximum absolute atomic E-state index is 2.77. The molecule has 0 amide bonds. The number of piperidine rings is 4. The van der Waals surface area contributed by atoms with Gasteiger partial charge in [-0.25, -0.2) is 0 Å². The molecule has 3 heteroatoms. The Morgan fingerprint density at radius 1 is 0.365 bits per heavy atom. The van der Waals surface area contributed by atoms with E-state index in [1.807, 2.05) is 0 Å². The molecule has 7 fully saturated rings. The molecule has 6 bridgehead atoms. The van der Waals surface area contributed by atoms with Gasteiger partial charge in [0.15, 0.2) is 0 Å². The summed E-state index contributed by atoms with van der Waals surface area (Å²) in [4.78, 5) is 8.23. The molecule has 3 nitrogen and oxygen atoms in total. The van der Waals surface area contributed by atoms with Crippen molar-refractivity contribution in [3.63, 3.8) is 0 Å². The van der Waals surface area contributed by atoms with Crippen LogP contribution in [0.25, 0.3) is 0 Å². The van der Waals surface area contributed by atoms with E-state index in [9.17, 15) is 0 Å². The lowest BCUT2D eigenvalue weighted by molar-refractivity contribution is -0.0758. The summed E-state index contributed by atoms with van der Waals surface area (Å²) in [5, 5.41) is 0. The van der Waals surface area contributed by atoms with Crippen LogP contribution < -0.4 is 0 Å². The quantitative estimate of drug-likeness (QED) is 0.246. The van der Waals surface area contributed by atoms with Crippen molar-refractivity contribution in [2.75, 3.05) is 32.7 Å². The fourth-order valence-electron chi connectivity index (χ4n) is 12.6. The summed E-state index contributed by atoms with van der Waals surface area (Å²) in [7, 11) is 0. The van der Waals surface area contributed by atoms with Crippen molar-refractivity contribution in [2.24, 2.45) is 63.6 Å². The van der Waals surface area contributed by atoms with Crippen molar-refractivity contribution >= 4 is 0 Å². The van der Waals surface area contributed by atoms with Gasteiger partial charge in [-0.2, -0.15) is 0 Å². The fourth-order valence-corrected chi connectivity index (χ4v) is 12.6. The van der Waals surface area contributed by atoms with Gasteiger partial charge >= 0.3 is 0 Å². The molecule has 52 heavy (non-hydrogen) atoms. The predicted molar refractivity (Wildman–Crippen MR) is 236 cm³/mol. The topological polar surface area (TPSA) is 9.72 Å². The third-order valence-corrected chi connectivity index (χ3v) is 14.6. The third kappa shape index (κ3) is 11.9. The molecule has 4 heterocycles. The largest absolute Gasteiger partial charge is 0.298 e. The average Bonchev–Trinajstić information content (AvgIpc) is 3.21. The highest BCUT2D eigenvalue weighted by atomic mass is 15.2. The lowest BCUT2D eigenvalue weighted by Crippen LogP contribution is -2.60. The lowest BCUT2D eigenvalue weighted by atomic mass is 9.59. The first-order chi connectivity index (χ1) is 22.1. The predicted octanol–water partition coefficient (Wildman–Crippen LogP) is 13.8. The van der Waals surface area contributed by atoms with E-state index in [-0.39, 0.29) is 22.3 Å². The SMILES string of the molecule is C.C.C.CC(C)(C)C1C2CCC1CN(C(C)(C)C)C2.CC(C)(C)C1C2CCCC1CN(C(C)(C)C)C2.CC(C)(C)C1CC2CCC1CN2C(C)(C)C. The molecule has 7 aliphatic rings. The van der Waals surface area contributed by atoms with Crippen LogP contribution in [0, 0.1) is 63.6 Å². The van der Waals surface area contributed by atoms with E-state index in [1.165, 1.54) is 84.1 Å². The van der Waals surface area contributed by atoms with Gasteiger partial charge in [0, 0.05) is 55.4 Å². The van der Waals surface area contributed by atoms with Crippen molar-refractivity contribution in [3.8, 4) is 0 Å². The monoisotopic (exact) mass is 732 g/mol. The van der Waals surface area contributed by atoms with Crippen LogP contribution in [0.2, 0.25) is 0 Å². The van der Waals surface area contributed by atoms with Gasteiger partial charge < -0.3 is 0 Å². The number of hydrogen-bond donors (Lipinski definition) is 0. The summed E-state index contributed by atoms with van der Waals surface area (Å²) in [6.45, 7) is 50.0. The molecular formula is C49H101N3. The van der Waals surface area contributed by atoms with Gasteiger partial charge in [0.1, 0.15) is 0 Å². The maximum Gasteiger partial charge on any atom is 0.0128 e. The van der Waals surface area contributed by atoms with Gasteiger partial charge in [0.25, 0.3) is 0 Å². The van der Waals surface area contributed by atoms with E-state index in [2.05, 4.69) is 139 Å². The van der Waals surface area contributed by atoms with Crippen LogP contribution in [0.15, 0.2) is 0 Å². The Balaban J connectivity index is 0.000000379. The molecule has 4 saturated heterocycles. The smallest absolute Gasteiger partial charge is 0.0128 e. The molecule has 0 aromatic rings. The zero-order valence-corrected chi connectivity index (χ0v) is 36.7. The minimum Gasteiger partial charge on any atom is -0.298 e. The number of rotatable bonds is 0. The number of fused-ring (bicyclic) bond motifs is 7. The molecule has 0 N–H and O–H groups in total. The fraction of sp³-hybridized carbons (Fsp3) is 1.00. The molecule has 0 aromatic carbocycles. The molecule has 312 valence electrons. The number of likely N-dealkylation sites (tertiary alicyclic amines) is 2. The molecule has 4 aliphatic heterocycles. The van der Waals surface area contributed by atoms with E-state index >= 15 is 0 Å². The molecule has 0 spiro atoms. The number of hydrogen-bond acceptors (Lipinski definition) is 3. The molecule has 3 aliphatic carbocycles. The van der Waals surface area contributed by atoms with Gasteiger partial charge in [0.05, 0.1) is 0 Å². The summed E-state index contributed by atoms with van der Waals surface area (Å²) in [6, 6.07) is 0.856. The Hall–Kier alpha value is -0.120. The highest BCUT2D eigenvalue weighted by Gasteiger charge is 2.50. The van der Waals surface area contributed by atoms with Crippen LogP contribution in [-0.2, 0) is 0 Å². The second-order valence-electron chi connectivity index (χ2n) is 24.5. The highest BCUT2D eigenvalue weighted by molar-refractivity contribution is 5.02. The Morgan fingerprint density at radius 2 is 0.712 bits per heavy atom. The summed E-state index contributed by atoms with van der Waals surface area (Å²) in [6.07, 6.45) is 11.7. The molecule has 7 rings (SSSR count). The van der Waals surface area contributed by atoms with Gasteiger partial charge in [-0.3, -0.25) is 14.7 Å². The molecular weight excluding hydrogens is 631 g/mol. The van der Waals surface area contributed by atoms with Crippen LogP contribution >= 0.6 is 0 Å². The van der Waals surface area contributed by atoms with Gasteiger partial charge in [0.2, 0.25) is 0 Å². The highest BCUT2D eigenvalue weighted by Crippen LogP contribution is 2.52. The van der Waals surface area contributed by atoms with E-state index in [0.29, 0.717) is 32.9 Å². The van der Waals surface area contributed by atoms with E-state index in [1.54, 1.807) is 0 Å². The van der Waals surface area contributed by atoms with E-state index < -0.39 is 0 Å². The summed E-state index contributed by atoms with van der Waals surface area (Å²) in [5.41, 5.74) is 2.61. The van der Waals surface area contributed by atoms with E-state index in [0.717, 1.165) is 53.4 Å². The van der Waals surface area contributed by atoms with Crippen molar-refractivity contribution in [1.29, 1.82) is 0 Å². The molecule has 7 unspecified atom stereocenters. The Bertz CT molecular complexity index is 985. The van der Waals surface area contributed by atoms with Gasteiger partial charge in [-0.1, -0.05) is 91.0 Å². The average molecular weight is 732 g/mol. The normalized spacial score (nSPS) is 34.4. The molecule has 0 aromatic heterocycles.